The van der Waals surface area contributed by atoms with Gasteiger partial charge < -0.3 is 14.9 Å². The molecule has 0 amide bonds. The molecule has 5 aliphatic rings. The van der Waals surface area contributed by atoms with E-state index in [4.69, 9.17) is 0 Å². The van der Waals surface area contributed by atoms with E-state index in [0.29, 0.717) is 5.92 Å². The summed E-state index contributed by atoms with van der Waals surface area (Å²) in [5.74, 6) is 2.51. The second-order valence-corrected chi connectivity index (χ2v) is 7.99. The van der Waals surface area contributed by atoms with Crippen LogP contribution in [0.25, 0.3) is 0 Å². The number of aliphatic hydroxyl groups excluding tert-OH is 1. The molecule has 1 aliphatic heterocycles. The molecule has 1 saturated heterocycles. The SMILES string of the molecule is CN1CCN(CC23C[C@H]4CC(C[C@@H](C4)C2)[C@@H]3O)CC1. The lowest BCUT2D eigenvalue weighted by Crippen LogP contribution is -2.61. The van der Waals surface area contributed by atoms with E-state index >= 15 is 0 Å². The van der Waals surface area contributed by atoms with Crippen LogP contribution in [0.3, 0.4) is 0 Å². The van der Waals surface area contributed by atoms with Crippen molar-refractivity contribution in [2.24, 2.45) is 23.2 Å². The quantitative estimate of drug-likeness (QED) is 0.817. The van der Waals surface area contributed by atoms with Gasteiger partial charge in [-0.25, -0.2) is 0 Å². The molecule has 0 spiro atoms. The van der Waals surface area contributed by atoms with Crippen LogP contribution in [0.15, 0.2) is 0 Å². The van der Waals surface area contributed by atoms with Gasteiger partial charge in [-0.05, 0) is 56.9 Å². The third-order valence-electron chi connectivity index (χ3n) is 6.54. The minimum Gasteiger partial charge on any atom is -0.392 e. The number of aliphatic hydroxyl groups is 1. The molecule has 4 bridgehead atoms. The van der Waals surface area contributed by atoms with Crippen LogP contribution in [0.1, 0.15) is 32.1 Å². The first kappa shape index (κ1) is 12.6. The third kappa shape index (κ3) is 2.05. The van der Waals surface area contributed by atoms with Crippen LogP contribution in [-0.4, -0.2) is 60.8 Å². The molecule has 1 N–H and O–H groups in total. The monoisotopic (exact) mass is 264 g/mol. The van der Waals surface area contributed by atoms with Crippen molar-refractivity contribution in [2.75, 3.05) is 39.8 Å². The van der Waals surface area contributed by atoms with E-state index in [9.17, 15) is 5.11 Å². The summed E-state index contributed by atoms with van der Waals surface area (Å²) in [6.07, 6.45) is 6.74. The predicted octanol–water partition coefficient (Wildman–Crippen LogP) is 1.42. The topological polar surface area (TPSA) is 26.7 Å². The zero-order valence-corrected chi connectivity index (χ0v) is 12.2. The largest absolute Gasteiger partial charge is 0.392 e. The van der Waals surface area contributed by atoms with E-state index in [2.05, 4.69) is 16.8 Å². The lowest BCUT2D eigenvalue weighted by atomic mass is 9.48. The zero-order chi connectivity index (χ0) is 13.0. The van der Waals surface area contributed by atoms with Gasteiger partial charge in [0.1, 0.15) is 0 Å². The average Bonchev–Trinajstić information content (AvgIpc) is 2.38. The van der Waals surface area contributed by atoms with Gasteiger partial charge >= 0.3 is 0 Å². The first-order valence-corrected chi connectivity index (χ1v) is 8.24. The standard InChI is InChI=1S/C16H28N2O/c1-17-2-4-18(5-3-17)11-16-9-12-6-13(10-16)8-14(7-12)15(16)19/h12-15,19H,2-11H2,1H3/t12-,13-,14?,15+,16?/m1/s1. The molecular weight excluding hydrogens is 236 g/mol. The van der Waals surface area contributed by atoms with Gasteiger partial charge in [0.2, 0.25) is 0 Å². The molecule has 19 heavy (non-hydrogen) atoms. The molecule has 5 rings (SSSR count). The van der Waals surface area contributed by atoms with E-state index in [0.717, 1.165) is 11.8 Å². The summed E-state index contributed by atoms with van der Waals surface area (Å²) in [5, 5.41) is 10.8. The summed E-state index contributed by atoms with van der Waals surface area (Å²) in [6, 6.07) is 0. The Hall–Kier alpha value is -0.120. The number of likely N-dealkylation sites (N-methyl/N-ethyl adjacent to an activating group) is 1. The average molecular weight is 264 g/mol. The predicted molar refractivity (Wildman–Crippen MR) is 75.9 cm³/mol. The second-order valence-electron chi connectivity index (χ2n) is 7.99. The van der Waals surface area contributed by atoms with Crippen LogP contribution in [0.5, 0.6) is 0 Å². The summed E-state index contributed by atoms with van der Waals surface area (Å²) >= 11 is 0. The molecule has 0 unspecified atom stereocenters. The van der Waals surface area contributed by atoms with Gasteiger partial charge in [-0.15, -0.1) is 0 Å². The summed E-state index contributed by atoms with van der Waals surface area (Å²) in [4.78, 5) is 5.06. The number of rotatable bonds is 2. The zero-order valence-electron chi connectivity index (χ0n) is 12.2. The van der Waals surface area contributed by atoms with Crippen LogP contribution < -0.4 is 0 Å². The van der Waals surface area contributed by atoms with E-state index in [1.54, 1.807) is 0 Å². The fourth-order valence-electron chi connectivity index (χ4n) is 5.86. The highest BCUT2D eigenvalue weighted by molar-refractivity contribution is 5.07. The van der Waals surface area contributed by atoms with Crippen molar-refractivity contribution >= 4 is 0 Å². The Morgan fingerprint density at radius 2 is 1.63 bits per heavy atom. The number of hydrogen-bond acceptors (Lipinski definition) is 3. The molecule has 108 valence electrons. The highest BCUT2D eigenvalue weighted by Gasteiger charge is 2.56. The van der Waals surface area contributed by atoms with Crippen molar-refractivity contribution in [1.29, 1.82) is 0 Å². The van der Waals surface area contributed by atoms with E-state index in [1.807, 2.05) is 0 Å². The van der Waals surface area contributed by atoms with E-state index < -0.39 is 0 Å². The molecule has 0 aromatic heterocycles. The Bertz CT molecular complexity index is 337. The van der Waals surface area contributed by atoms with E-state index in [1.165, 1.54) is 64.8 Å². The van der Waals surface area contributed by atoms with Crippen molar-refractivity contribution in [1.82, 2.24) is 9.80 Å². The maximum Gasteiger partial charge on any atom is 0.0637 e. The Morgan fingerprint density at radius 1 is 1.00 bits per heavy atom. The molecule has 1 heterocycles. The molecular formula is C16H28N2O. The molecule has 0 radical (unpaired) electrons. The molecule has 3 atom stereocenters. The lowest BCUT2D eigenvalue weighted by Gasteiger charge is -2.60. The first-order valence-electron chi connectivity index (χ1n) is 8.24. The van der Waals surface area contributed by atoms with Gasteiger partial charge in [0.05, 0.1) is 6.10 Å². The Labute approximate surface area is 117 Å². The summed E-state index contributed by atoms with van der Waals surface area (Å²) < 4.78 is 0. The molecule has 3 heteroatoms. The Balaban J connectivity index is 1.49. The number of hydrogen-bond donors (Lipinski definition) is 1. The maximum absolute atomic E-state index is 10.8. The normalized spacial score (nSPS) is 50.8. The first-order chi connectivity index (χ1) is 9.14. The van der Waals surface area contributed by atoms with E-state index in [-0.39, 0.29) is 11.5 Å². The molecule has 5 fully saturated rings. The van der Waals surface area contributed by atoms with Crippen LogP contribution in [0.2, 0.25) is 0 Å². The summed E-state index contributed by atoms with van der Waals surface area (Å²) in [5.41, 5.74) is 0.269. The minimum atomic E-state index is -0.0000406. The molecule has 3 nitrogen and oxygen atoms in total. The molecule has 0 aromatic carbocycles. The fraction of sp³-hybridized carbons (Fsp3) is 1.00. The van der Waals surface area contributed by atoms with Crippen molar-refractivity contribution in [3.63, 3.8) is 0 Å². The minimum absolute atomic E-state index is 0.0000406. The molecule has 4 aliphatic carbocycles. The van der Waals surface area contributed by atoms with Crippen LogP contribution in [-0.2, 0) is 0 Å². The fourth-order valence-corrected chi connectivity index (χ4v) is 5.86. The maximum atomic E-state index is 10.8. The highest BCUT2D eigenvalue weighted by atomic mass is 16.3. The van der Waals surface area contributed by atoms with Crippen molar-refractivity contribution in [2.45, 2.75) is 38.2 Å². The third-order valence-corrected chi connectivity index (χ3v) is 6.54. The van der Waals surface area contributed by atoms with Gasteiger partial charge in [0, 0.05) is 38.1 Å². The van der Waals surface area contributed by atoms with Gasteiger partial charge in [0.25, 0.3) is 0 Å². The molecule has 0 aromatic rings. The van der Waals surface area contributed by atoms with Crippen molar-refractivity contribution in [3.05, 3.63) is 0 Å². The van der Waals surface area contributed by atoms with Crippen molar-refractivity contribution in [3.8, 4) is 0 Å². The Kier molecular flexibility index (Phi) is 2.95. The van der Waals surface area contributed by atoms with Crippen LogP contribution in [0.4, 0.5) is 0 Å². The van der Waals surface area contributed by atoms with Crippen LogP contribution >= 0.6 is 0 Å². The lowest BCUT2D eigenvalue weighted by molar-refractivity contribution is -0.165. The Morgan fingerprint density at radius 3 is 2.26 bits per heavy atom. The van der Waals surface area contributed by atoms with Gasteiger partial charge in [0.15, 0.2) is 0 Å². The smallest absolute Gasteiger partial charge is 0.0637 e. The van der Waals surface area contributed by atoms with Gasteiger partial charge in [-0.3, -0.25) is 0 Å². The number of nitrogens with zero attached hydrogens (tertiary/aromatic N) is 2. The number of piperazine rings is 1. The molecule has 4 saturated carbocycles. The summed E-state index contributed by atoms with van der Waals surface area (Å²) in [7, 11) is 2.22. The van der Waals surface area contributed by atoms with Crippen molar-refractivity contribution < 1.29 is 5.11 Å². The second kappa shape index (κ2) is 4.44. The summed E-state index contributed by atoms with van der Waals surface area (Å²) in [6.45, 7) is 5.96. The van der Waals surface area contributed by atoms with Crippen LogP contribution in [0, 0.1) is 23.2 Å². The highest BCUT2D eigenvalue weighted by Crippen LogP contribution is 2.60. The van der Waals surface area contributed by atoms with Gasteiger partial charge in [-0.2, -0.15) is 0 Å². The van der Waals surface area contributed by atoms with Gasteiger partial charge in [-0.1, -0.05) is 0 Å².